The minimum absolute atomic E-state index is 0.0919. The summed E-state index contributed by atoms with van der Waals surface area (Å²) in [5.74, 6) is -0.238. The van der Waals surface area contributed by atoms with Crippen molar-refractivity contribution in [2.45, 2.75) is 0 Å². The average molecular weight is 247 g/mol. The van der Waals surface area contributed by atoms with Gasteiger partial charge in [-0.2, -0.15) is 0 Å². The first-order valence-electron chi connectivity index (χ1n) is 5.91. The molecule has 0 unspecified atom stereocenters. The SMILES string of the molecule is CN(C)CCN1CC(=O)Nc2ccccc2C1=O. The first-order chi connectivity index (χ1) is 8.58. The zero-order valence-electron chi connectivity index (χ0n) is 10.6. The standard InChI is InChI=1S/C13H17N3O2/c1-15(2)7-8-16-9-12(17)14-11-6-4-3-5-10(11)13(16)18/h3-6H,7-9H2,1-2H3,(H,14,17). The molecule has 1 aliphatic rings. The third kappa shape index (κ3) is 2.68. The molecule has 1 aromatic rings. The lowest BCUT2D eigenvalue weighted by Gasteiger charge is -2.21. The second kappa shape index (κ2) is 5.18. The molecule has 2 rings (SSSR count). The van der Waals surface area contributed by atoms with Crippen molar-refractivity contribution in [1.29, 1.82) is 0 Å². The van der Waals surface area contributed by atoms with Crippen LogP contribution in [0.5, 0.6) is 0 Å². The lowest BCUT2D eigenvalue weighted by molar-refractivity contribution is -0.116. The van der Waals surface area contributed by atoms with Gasteiger partial charge < -0.3 is 15.1 Å². The summed E-state index contributed by atoms with van der Waals surface area (Å²) in [7, 11) is 3.88. The van der Waals surface area contributed by atoms with E-state index in [0.29, 0.717) is 17.8 Å². The number of hydrogen-bond acceptors (Lipinski definition) is 3. The highest BCUT2D eigenvalue weighted by Crippen LogP contribution is 2.19. The Labute approximate surface area is 106 Å². The maximum absolute atomic E-state index is 12.3. The Morgan fingerprint density at radius 2 is 2.00 bits per heavy atom. The number of amides is 2. The number of carbonyl (C=O) groups is 2. The van der Waals surface area contributed by atoms with Crippen LogP contribution in [0.1, 0.15) is 10.4 Å². The lowest BCUT2D eigenvalue weighted by Crippen LogP contribution is -2.39. The normalized spacial score (nSPS) is 15.4. The summed E-state index contributed by atoms with van der Waals surface area (Å²) in [6.45, 7) is 1.40. The third-order valence-corrected chi connectivity index (χ3v) is 2.87. The van der Waals surface area contributed by atoms with Crippen LogP contribution < -0.4 is 5.32 Å². The fraction of sp³-hybridized carbons (Fsp3) is 0.385. The molecule has 1 N–H and O–H groups in total. The highest BCUT2D eigenvalue weighted by molar-refractivity contribution is 6.08. The van der Waals surface area contributed by atoms with Gasteiger partial charge in [0, 0.05) is 13.1 Å². The Morgan fingerprint density at radius 3 is 2.72 bits per heavy atom. The van der Waals surface area contributed by atoms with Gasteiger partial charge in [0.2, 0.25) is 5.91 Å². The highest BCUT2D eigenvalue weighted by atomic mass is 16.2. The largest absolute Gasteiger partial charge is 0.328 e. The van der Waals surface area contributed by atoms with Crippen molar-refractivity contribution in [3.8, 4) is 0 Å². The molecule has 0 atom stereocenters. The van der Waals surface area contributed by atoms with Crippen molar-refractivity contribution >= 4 is 17.5 Å². The maximum atomic E-state index is 12.3. The number of benzene rings is 1. The quantitative estimate of drug-likeness (QED) is 0.853. The Kier molecular flexibility index (Phi) is 3.62. The van der Waals surface area contributed by atoms with Gasteiger partial charge in [-0.1, -0.05) is 12.1 Å². The van der Waals surface area contributed by atoms with E-state index in [1.165, 1.54) is 0 Å². The predicted octanol–water partition coefficient (Wildman–Crippen LogP) is 0.642. The van der Waals surface area contributed by atoms with Crippen LogP contribution in [-0.2, 0) is 4.79 Å². The summed E-state index contributed by atoms with van der Waals surface area (Å²) in [5.41, 5.74) is 1.15. The van der Waals surface area contributed by atoms with Crippen LogP contribution >= 0.6 is 0 Å². The zero-order chi connectivity index (χ0) is 13.1. The van der Waals surface area contributed by atoms with Crippen LogP contribution in [0.2, 0.25) is 0 Å². The van der Waals surface area contributed by atoms with Crippen molar-refractivity contribution < 1.29 is 9.59 Å². The molecule has 0 aliphatic carbocycles. The monoisotopic (exact) mass is 247 g/mol. The Balaban J connectivity index is 2.24. The van der Waals surface area contributed by atoms with E-state index in [9.17, 15) is 9.59 Å². The molecular weight excluding hydrogens is 230 g/mol. The van der Waals surface area contributed by atoms with Gasteiger partial charge in [-0.05, 0) is 26.2 Å². The number of nitrogens with one attached hydrogen (secondary N) is 1. The van der Waals surface area contributed by atoms with Crippen molar-refractivity contribution in [3.63, 3.8) is 0 Å². The number of para-hydroxylation sites is 1. The van der Waals surface area contributed by atoms with E-state index in [-0.39, 0.29) is 18.4 Å². The van der Waals surface area contributed by atoms with Crippen LogP contribution in [-0.4, -0.2) is 55.3 Å². The summed E-state index contributed by atoms with van der Waals surface area (Å²) in [5, 5.41) is 2.76. The van der Waals surface area contributed by atoms with Crippen molar-refractivity contribution in [2.24, 2.45) is 0 Å². The number of fused-ring (bicyclic) bond motifs is 1. The first-order valence-corrected chi connectivity index (χ1v) is 5.91. The molecule has 96 valence electrons. The van der Waals surface area contributed by atoms with Gasteiger partial charge >= 0.3 is 0 Å². The van der Waals surface area contributed by atoms with E-state index >= 15 is 0 Å². The van der Waals surface area contributed by atoms with Crippen LogP contribution in [0.25, 0.3) is 0 Å². The zero-order valence-corrected chi connectivity index (χ0v) is 10.6. The van der Waals surface area contributed by atoms with E-state index in [0.717, 1.165) is 6.54 Å². The van der Waals surface area contributed by atoms with Gasteiger partial charge in [-0.3, -0.25) is 9.59 Å². The van der Waals surface area contributed by atoms with Gasteiger partial charge in [-0.15, -0.1) is 0 Å². The molecule has 0 fully saturated rings. The Morgan fingerprint density at radius 1 is 1.28 bits per heavy atom. The Bertz CT molecular complexity index is 471. The summed E-state index contributed by atoms with van der Waals surface area (Å²) >= 11 is 0. The van der Waals surface area contributed by atoms with Gasteiger partial charge in [0.25, 0.3) is 5.91 Å². The smallest absolute Gasteiger partial charge is 0.256 e. The summed E-state index contributed by atoms with van der Waals surface area (Å²) in [4.78, 5) is 27.6. The molecule has 18 heavy (non-hydrogen) atoms. The van der Waals surface area contributed by atoms with Crippen molar-refractivity contribution in [3.05, 3.63) is 29.8 Å². The molecule has 2 amide bonds. The van der Waals surface area contributed by atoms with Crippen LogP contribution in [0, 0.1) is 0 Å². The van der Waals surface area contributed by atoms with E-state index < -0.39 is 0 Å². The summed E-state index contributed by atoms with van der Waals surface area (Å²) in [6, 6.07) is 7.10. The molecule has 0 saturated heterocycles. The molecule has 5 heteroatoms. The molecule has 1 aliphatic heterocycles. The molecular formula is C13H17N3O2. The predicted molar refractivity (Wildman–Crippen MR) is 69.5 cm³/mol. The van der Waals surface area contributed by atoms with E-state index in [1.54, 1.807) is 23.1 Å². The van der Waals surface area contributed by atoms with Crippen LogP contribution in [0.4, 0.5) is 5.69 Å². The third-order valence-electron chi connectivity index (χ3n) is 2.87. The fourth-order valence-electron chi connectivity index (χ4n) is 1.89. The lowest BCUT2D eigenvalue weighted by atomic mass is 10.1. The maximum Gasteiger partial charge on any atom is 0.256 e. The topological polar surface area (TPSA) is 52.6 Å². The van der Waals surface area contributed by atoms with Crippen molar-refractivity contribution in [1.82, 2.24) is 9.80 Å². The molecule has 5 nitrogen and oxygen atoms in total. The van der Waals surface area contributed by atoms with E-state index in [4.69, 9.17) is 0 Å². The number of hydrogen-bond donors (Lipinski definition) is 1. The van der Waals surface area contributed by atoms with Crippen molar-refractivity contribution in [2.75, 3.05) is 39.0 Å². The first kappa shape index (κ1) is 12.6. The number of nitrogens with zero attached hydrogens (tertiary/aromatic N) is 2. The van der Waals surface area contributed by atoms with Gasteiger partial charge in [0.05, 0.1) is 11.3 Å². The number of rotatable bonds is 3. The number of likely N-dealkylation sites (N-methyl/N-ethyl adjacent to an activating group) is 1. The molecule has 0 saturated carbocycles. The van der Waals surface area contributed by atoms with Crippen LogP contribution in [0.15, 0.2) is 24.3 Å². The highest BCUT2D eigenvalue weighted by Gasteiger charge is 2.25. The Hall–Kier alpha value is -1.88. The molecule has 0 aromatic heterocycles. The second-order valence-corrected chi connectivity index (χ2v) is 4.62. The summed E-state index contributed by atoms with van der Waals surface area (Å²) < 4.78 is 0. The minimum Gasteiger partial charge on any atom is -0.328 e. The number of carbonyl (C=O) groups excluding carboxylic acids is 2. The number of anilines is 1. The molecule has 0 spiro atoms. The van der Waals surface area contributed by atoms with E-state index in [2.05, 4.69) is 5.32 Å². The fourth-order valence-corrected chi connectivity index (χ4v) is 1.89. The second-order valence-electron chi connectivity index (χ2n) is 4.62. The van der Waals surface area contributed by atoms with Gasteiger partial charge in [0.1, 0.15) is 6.54 Å². The molecule has 0 radical (unpaired) electrons. The molecule has 0 bridgehead atoms. The average Bonchev–Trinajstić information content (AvgIpc) is 2.45. The van der Waals surface area contributed by atoms with Crippen LogP contribution in [0.3, 0.4) is 0 Å². The van der Waals surface area contributed by atoms with Gasteiger partial charge in [-0.25, -0.2) is 0 Å². The van der Waals surface area contributed by atoms with E-state index in [1.807, 2.05) is 25.1 Å². The molecule has 1 heterocycles. The minimum atomic E-state index is -0.146. The summed E-state index contributed by atoms with van der Waals surface area (Å²) in [6.07, 6.45) is 0. The molecule has 1 aromatic carbocycles. The van der Waals surface area contributed by atoms with Gasteiger partial charge in [0.15, 0.2) is 0 Å².